The van der Waals surface area contributed by atoms with Crippen LogP contribution in [0.1, 0.15) is 17.4 Å². The van der Waals surface area contributed by atoms with Crippen molar-refractivity contribution in [2.24, 2.45) is 0 Å². The SMILES string of the molecule is CN(C)[C@@H](CNCC(=O)N1CCc2ccccc21)c1ccco1. The normalized spacial score (nSPS) is 15.0. The summed E-state index contributed by atoms with van der Waals surface area (Å²) in [7, 11) is 4.01. The second-order valence-corrected chi connectivity index (χ2v) is 6.05. The van der Waals surface area contributed by atoms with Crippen molar-refractivity contribution in [3.8, 4) is 0 Å². The van der Waals surface area contributed by atoms with Gasteiger partial charge in [-0.05, 0) is 44.3 Å². The highest BCUT2D eigenvalue weighted by atomic mass is 16.3. The average molecular weight is 313 g/mol. The first kappa shape index (κ1) is 15.8. The van der Waals surface area contributed by atoms with Gasteiger partial charge in [-0.1, -0.05) is 18.2 Å². The van der Waals surface area contributed by atoms with E-state index in [9.17, 15) is 4.79 Å². The Morgan fingerprint density at radius 2 is 2.13 bits per heavy atom. The number of rotatable bonds is 6. The van der Waals surface area contributed by atoms with Crippen LogP contribution in [0.3, 0.4) is 0 Å². The third kappa shape index (κ3) is 3.46. The van der Waals surface area contributed by atoms with Crippen LogP contribution in [0.25, 0.3) is 0 Å². The van der Waals surface area contributed by atoms with E-state index in [1.807, 2.05) is 49.3 Å². The predicted molar refractivity (Wildman–Crippen MR) is 90.5 cm³/mol. The van der Waals surface area contributed by atoms with Gasteiger partial charge in [0.2, 0.25) is 5.91 Å². The summed E-state index contributed by atoms with van der Waals surface area (Å²) in [5.41, 5.74) is 2.30. The first-order valence-corrected chi connectivity index (χ1v) is 7.95. The topological polar surface area (TPSA) is 48.7 Å². The van der Waals surface area contributed by atoms with Gasteiger partial charge < -0.3 is 14.6 Å². The van der Waals surface area contributed by atoms with Crippen LogP contribution in [0.4, 0.5) is 5.69 Å². The molecule has 122 valence electrons. The molecule has 0 aliphatic carbocycles. The van der Waals surface area contributed by atoms with E-state index in [-0.39, 0.29) is 11.9 Å². The summed E-state index contributed by atoms with van der Waals surface area (Å²) in [6.45, 7) is 1.77. The summed E-state index contributed by atoms with van der Waals surface area (Å²) < 4.78 is 5.48. The third-order valence-corrected chi connectivity index (χ3v) is 4.30. The number of likely N-dealkylation sites (N-methyl/N-ethyl adjacent to an activating group) is 1. The van der Waals surface area contributed by atoms with Gasteiger partial charge >= 0.3 is 0 Å². The molecule has 1 amide bonds. The van der Waals surface area contributed by atoms with Gasteiger partial charge in [0.1, 0.15) is 5.76 Å². The number of para-hydroxylation sites is 1. The van der Waals surface area contributed by atoms with Crippen LogP contribution in [0, 0.1) is 0 Å². The minimum absolute atomic E-state index is 0.115. The number of carbonyl (C=O) groups excluding carboxylic acids is 1. The van der Waals surface area contributed by atoms with Gasteiger partial charge in [0, 0.05) is 18.8 Å². The minimum Gasteiger partial charge on any atom is -0.468 e. The lowest BCUT2D eigenvalue weighted by Crippen LogP contribution is -2.40. The Kier molecular flexibility index (Phi) is 4.79. The van der Waals surface area contributed by atoms with Crippen molar-refractivity contribution in [3.05, 3.63) is 54.0 Å². The molecule has 0 saturated heterocycles. The molecule has 2 heterocycles. The van der Waals surface area contributed by atoms with E-state index in [4.69, 9.17) is 4.42 Å². The summed E-state index contributed by atoms with van der Waals surface area (Å²) >= 11 is 0. The first-order valence-electron chi connectivity index (χ1n) is 7.95. The molecule has 1 atom stereocenters. The van der Waals surface area contributed by atoms with E-state index < -0.39 is 0 Å². The molecule has 0 bridgehead atoms. The summed E-state index contributed by atoms with van der Waals surface area (Å²) in [4.78, 5) is 16.4. The quantitative estimate of drug-likeness (QED) is 0.887. The van der Waals surface area contributed by atoms with Crippen LogP contribution < -0.4 is 10.2 Å². The van der Waals surface area contributed by atoms with E-state index in [0.29, 0.717) is 13.1 Å². The van der Waals surface area contributed by atoms with Gasteiger partial charge in [0.25, 0.3) is 0 Å². The lowest BCUT2D eigenvalue weighted by atomic mass is 10.2. The maximum atomic E-state index is 12.5. The number of nitrogens with zero attached hydrogens (tertiary/aromatic N) is 2. The smallest absolute Gasteiger partial charge is 0.240 e. The van der Waals surface area contributed by atoms with Crippen molar-refractivity contribution in [2.45, 2.75) is 12.5 Å². The zero-order valence-corrected chi connectivity index (χ0v) is 13.7. The fraction of sp³-hybridized carbons (Fsp3) is 0.389. The number of furan rings is 1. The predicted octanol–water partition coefficient (Wildman–Crippen LogP) is 2.06. The Balaban J connectivity index is 1.55. The molecule has 0 saturated carbocycles. The molecule has 1 aromatic carbocycles. The molecular formula is C18H23N3O2. The number of anilines is 1. The Labute approximate surface area is 136 Å². The molecule has 3 rings (SSSR count). The molecular weight excluding hydrogens is 290 g/mol. The largest absolute Gasteiger partial charge is 0.468 e. The lowest BCUT2D eigenvalue weighted by Gasteiger charge is -2.23. The molecule has 5 nitrogen and oxygen atoms in total. The number of hydrogen-bond donors (Lipinski definition) is 1. The number of carbonyl (C=O) groups is 1. The molecule has 1 N–H and O–H groups in total. The molecule has 5 heteroatoms. The van der Waals surface area contributed by atoms with Gasteiger partial charge in [-0.15, -0.1) is 0 Å². The van der Waals surface area contributed by atoms with E-state index in [0.717, 1.165) is 24.4 Å². The highest BCUT2D eigenvalue weighted by Gasteiger charge is 2.24. The van der Waals surface area contributed by atoms with Crippen molar-refractivity contribution in [1.29, 1.82) is 0 Å². The second kappa shape index (κ2) is 6.98. The van der Waals surface area contributed by atoms with E-state index in [1.165, 1.54) is 5.56 Å². The summed E-state index contributed by atoms with van der Waals surface area (Å²) in [5, 5.41) is 3.27. The number of benzene rings is 1. The van der Waals surface area contributed by atoms with Crippen molar-refractivity contribution < 1.29 is 9.21 Å². The van der Waals surface area contributed by atoms with Crippen LogP contribution in [0.15, 0.2) is 47.1 Å². The summed E-state index contributed by atoms with van der Waals surface area (Å²) in [6, 6.07) is 12.1. The Morgan fingerprint density at radius 1 is 1.30 bits per heavy atom. The maximum absolute atomic E-state index is 12.5. The Hall–Kier alpha value is -2.11. The molecule has 2 aromatic rings. The molecule has 0 fully saturated rings. The number of fused-ring (bicyclic) bond motifs is 1. The molecule has 0 unspecified atom stereocenters. The highest BCUT2D eigenvalue weighted by Crippen LogP contribution is 2.27. The van der Waals surface area contributed by atoms with Gasteiger partial charge in [-0.25, -0.2) is 0 Å². The van der Waals surface area contributed by atoms with Crippen molar-refractivity contribution >= 4 is 11.6 Å². The standard InChI is InChI=1S/C18H23N3O2/c1-20(2)16(17-8-5-11-23-17)12-19-13-18(22)21-10-9-14-6-3-4-7-15(14)21/h3-8,11,16,19H,9-10,12-13H2,1-2H3/t16-/m0/s1. The van der Waals surface area contributed by atoms with Crippen molar-refractivity contribution in [1.82, 2.24) is 10.2 Å². The number of hydrogen-bond acceptors (Lipinski definition) is 4. The van der Waals surface area contributed by atoms with Crippen LogP contribution in [-0.4, -0.2) is 44.5 Å². The van der Waals surface area contributed by atoms with Crippen molar-refractivity contribution in [2.75, 3.05) is 38.6 Å². The summed E-state index contributed by atoms with van der Waals surface area (Å²) in [6.07, 6.45) is 2.62. The molecule has 0 radical (unpaired) electrons. The molecule has 0 spiro atoms. The lowest BCUT2D eigenvalue weighted by molar-refractivity contribution is -0.117. The van der Waals surface area contributed by atoms with E-state index in [2.05, 4.69) is 16.3 Å². The average Bonchev–Trinajstić information content (AvgIpc) is 3.20. The summed E-state index contributed by atoms with van der Waals surface area (Å²) in [5.74, 6) is 1.02. The van der Waals surface area contributed by atoms with Crippen LogP contribution >= 0.6 is 0 Å². The zero-order chi connectivity index (χ0) is 16.2. The molecule has 23 heavy (non-hydrogen) atoms. The number of amides is 1. The van der Waals surface area contributed by atoms with Crippen LogP contribution in [0.5, 0.6) is 0 Å². The zero-order valence-electron chi connectivity index (χ0n) is 13.7. The van der Waals surface area contributed by atoms with Gasteiger partial charge in [0.15, 0.2) is 0 Å². The fourth-order valence-electron chi connectivity index (χ4n) is 3.03. The minimum atomic E-state index is 0.115. The highest BCUT2D eigenvalue weighted by molar-refractivity contribution is 5.96. The third-order valence-electron chi connectivity index (χ3n) is 4.30. The monoisotopic (exact) mass is 313 g/mol. The van der Waals surface area contributed by atoms with E-state index >= 15 is 0 Å². The second-order valence-electron chi connectivity index (χ2n) is 6.05. The Morgan fingerprint density at radius 3 is 2.87 bits per heavy atom. The molecule has 1 aromatic heterocycles. The van der Waals surface area contributed by atoms with E-state index in [1.54, 1.807) is 6.26 Å². The number of nitrogens with one attached hydrogen (secondary N) is 1. The first-order chi connectivity index (χ1) is 11.2. The van der Waals surface area contributed by atoms with Gasteiger partial charge in [-0.2, -0.15) is 0 Å². The van der Waals surface area contributed by atoms with Gasteiger partial charge in [-0.3, -0.25) is 9.69 Å². The molecule has 1 aliphatic rings. The fourth-order valence-corrected chi connectivity index (χ4v) is 3.03. The van der Waals surface area contributed by atoms with Crippen molar-refractivity contribution in [3.63, 3.8) is 0 Å². The Bertz CT molecular complexity index is 652. The molecule has 1 aliphatic heterocycles. The van der Waals surface area contributed by atoms with Crippen LogP contribution in [0.2, 0.25) is 0 Å². The van der Waals surface area contributed by atoms with Gasteiger partial charge in [0.05, 0.1) is 18.8 Å². The van der Waals surface area contributed by atoms with Crippen LogP contribution in [-0.2, 0) is 11.2 Å². The maximum Gasteiger partial charge on any atom is 0.240 e.